The van der Waals surface area contributed by atoms with E-state index >= 15 is 0 Å². The first-order valence-electron chi connectivity index (χ1n) is 13.3. The van der Waals surface area contributed by atoms with Crippen LogP contribution in [-0.4, -0.2) is 46.9 Å². The number of carbonyl (C=O) groups excluding carboxylic acids is 1. The smallest absolute Gasteiger partial charge is 0.254 e. The molecule has 1 aromatic heterocycles. The van der Waals surface area contributed by atoms with Crippen LogP contribution in [0.15, 0.2) is 115 Å². The van der Waals surface area contributed by atoms with E-state index in [-0.39, 0.29) is 11.9 Å². The maximum absolute atomic E-state index is 14.0. The van der Waals surface area contributed by atoms with Crippen molar-refractivity contribution in [2.24, 2.45) is 0 Å². The van der Waals surface area contributed by atoms with Gasteiger partial charge in [-0.05, 0) is 36.2 Å². The van der Waals surface area contributed by atoms with E-state index in [9.17, 15) is 4.79 Å². The number of carbonyl (C=O) groups is 1. The summed E-state index contributed by atoms with van der Waals surface area (Å²) in [6.07, 6.45) is 0. The van der Waals surface area contributed by atoms with Crippen molar-refractivity contribution >= 4 is 16.8 Å². The van der Waals surface area contributed by atoms with Crippen molar-refractivity contribution in [2.45, 2.75) is 13.0 Å². The second-order valence-corrected chi connectivity index (χ2v) is 9.99. The molecular weight excluding hydrogens is 466 g/mol. The minimum absolute atomic E-state index is 0.0794. The molecule has 5 aromatic rings. The number of hydrogen-bond acceptors (Lipinski definition) is 3. The lowest BCUT2D eigenvalue weighted by atomic mass is 9.96. The first kappa shape index (κ1) is 24.1. The predicted octanol–water partition coefficient (Wildman–Crippen LogP) is 6.76. The molecule has 2 heterocycles. The highest BCUT2D eigenvalue weighted by Gasteiger charge is 2.29. The van der Waals surface area contributed by atoms with Crippen LogP contribution >= 0.6 is 0 Å². The Morgan fingerprint density at radius 3 is 1.89 bits per heavy atom. The van der Waals surface area contributed by atoms with Gasteiger partial charge in [0.2, 0.25) is 0 Å². The Balaban J connectivity index is 1.29. The highest BCUT2D eigenvalue weighted by atomic mass is 16.2. The summed E-state index contributed by atoms with van der Waals surface area (Å²) < 4.78 is 0. The van der Waals surface area contributed by atoms with Crippen LogP contribution in [0.5, 0.6) is 0 Å². The lowest BCUT2D eigenvalue weighted by Gasteiger charge is -2.40. The lowest BCUT2D eigenvalue weighted by Crippen LogP contribution is -2.49. The normalized spacial score (nSPS) is 14.2. The summed E-state index contributed by atoms with van der Waals surface area (Å²) in [6, 6.07) is 39.8. The number of fused-ring (bicyclic) bond motifs is 1. The number of hydrogen-bond donors (Lipinski definition) is 0. The molecule has 1 aliphatic rings. The van der Waals surface area contributed by atoms with E-state index in [0.717, 1.165) is 46.4 Å². The fourth-order valence-corrected chi connectivity index (χ4v) is 5.51. The summed E-state index contributed by atoms with van der Waals surface area (Å²) >= 11 is 0. The zero-order chi connectivity index (χ0) is 25.9. The van der Waals surface area contributed by atoms with E-state index in [1.165, 1.54) is 11.1 Å². The predicted molar refractivity (Wildman–Crippen MR) is 154 cm³/mol. The van der Waals surface area contributed by atoms with E-state index in [1.807, 2.05) is 47.4 Å². The first-order valence-corrected chi connectivity index (χ1v) is 13.3. The van der Waals surface area contributed by atoms with Gasteiger partial charge in [-0.25, -0.2) is 4.98 Å². The van der Waals surface area contributed by atoms with Crippen molar-refractivity contribution in [3.05, 3.63) is 138 Å². The van der Waals surface area contributed by atoms with E-state index in [0.29, 0.717) is 13.1 Å². The minimum Gasteiger partial charge on any atom is -0.336 e. The van der Waals surface area contributed by atoms with Gasteiger partial charge in [0, 0.05) is 37.1 Å². The number of aromatic nitrogens is 1. The number of benzene rings is 4. The fraction of sp³-hybridized carbons (Fsp3) is 0.176. The molecule has 1 aliphatic heterocycles. The number of nitrogens with zero attached hydrogens (tertiary/aromatic N) is 3. The molecule has 0 spiro atoms. The maximum atomic E-state index is 14.0. The van der Waals surface area contributed by atoms with Crippen molar-refractivity contribution in [3.63, 3.8) is 0 Å². The average Bonchev–Trinajstić information content (AvgIpc) is 2.98. The first-order chi connectivity index (χ1) is 18.7. The van der Waals surface area contributed by atoms with Crippen LogP contribution in [0.2, 0.25) is 0 Å². The lowest BCUT2D eigenvalue weighted by molar-refractivity contribution is 0.0599. The standard InChI is InChI=1S/C34H31N3O/c1-25-17-18-31-29(23-25)30(24-32(35-31)26-11-5-2-6-12-26)34(38)37-21-19-36(20-22-37)33(27-13-7-3-8-14-27)28-15-9-4-10-16-28/h2-18,23-24,33H,19-22H2,1H3. The van der Waals surface area contributed by atoms with Crippen LogP contribution in [0.25, 0.3) is 22.2 Å². The molecule has 1 saturated heterocycles. The zero-order valence-corrected chi connectivity index (χ0v) is 21.6. The number of aryl methyl sites for hydroxylation is 1. The molecule has 0 aliphatic carbocycles. The maximum Gasteiger partial charge on any atom is 0.254 e. The van der Waals surface area contributed by atoms with Crippen molar-refractivity contribution in [1.29, 1.82) is 0 Å². The number of pyridine rings is 1. The van der Waals surface area contributed by atoms with Gasteiger partial charge < -0.3 is 4.90 Å². The molecule has 38 heavy (non-hydrogen) atoms. The summed E-state index contributed by atoms with van der Waals surface area (Å²) in [5.74, 6) is 0.0794. The SMILES string of the molecule is Cc1ccc2nc(-c3ccccc3)cc(C(=O)N3CCN(C(c4ccccc4)c4ccccc4)CC3)c2c1. The van der Waals surface area contributed by atoms with Crippen molar-refractivity contribution in [3.8, 4) is 11.3 Å². The van der Waals surface area contributed by atoms with Crippen LogP contribution in [0.3, 0.4) is 0 Å². The Morgan fingerprint density at radius 1 is 0.711 bits per heavy atom. The van der Waals surface area contributed by atoms with E-state index in [2.05, 4.69) is 84.6 Å². The van der Waals surface area contributed by atoms with Gasteiger partial charge in [0.1, 0.15) is 0 Å². The van der Waals surface area contributed by atoms with Crippen LogP contribution < -0.4 is 0 Å². The summed E-state index contributed by atoms with van der Waals surface area (Å²) in [6.45, 7) is 5.06. The number of amides is 1. The summed E-state index contributed by atoms with van der Waals surface area (Å²) in [7, 11) is 0. The van der Waals surface area contributed by atoms with Gasteiger partial charge in [0.05, 0.1) is 22.8 Å². The molecule has 188 valence electrons. The molecule has 0 saturated carbocycles. The van der Waals surface area contributed by atoms with Gasteiger partial charge >= 0.3 is 0 Å². The van der Waals surface area contributed by atoms with Gasteiger partial charge in [0.15, 0.2) is 0 Å². The van der Waals surface area contributed by atoms with Crippen molar-refractivity contribution < 1.29 is 4.79 Å². The molecule has 0 atom stereocenters. The molecule has 6 rings (SSSR count). The minimum atomic E-state index is 0.0794. The summed E-state index contributed by atoms with van der Waals surface area (Å²) in [5, 5.41) is 0.920. The highest BCUT2D eigenvalue weighted by molar-refractivity contribution is 6.07. The molecule has 0 unspecified atom stereocenters. The molecule has 1 amide bonds. The third-order valence-corrected chi connectivity index (χ3v) is 7.46. The van der Waals surface area contributed by atoms with Gasteiger partial charge in [-0.2, -0.15) is 0 Å². The van der Waals surface area contributed by atoms with E-state index in [4.69, 9.17) is 4.98 Å². The molecule has 4 heteroatoms. The second-order valence-electron chi connectivity index (χ2n) is 9.99. The molecule has 4 nitrogen and oxygen atoms in total. The van der Waals surface area contributed by atoms with Gasteiger partial charge in [-0.3, -0.25) is 9.69 Å². The second kappa shape index (κ2) is 10.6. The Kier molecular flexibility index (Phi) is 6.72. The summed E-state index contributed by atoms with van der Waals surface area (Å²) in [4.78, 5) is 23.4. The fourth-order valence-electron chi connectivity index (χ4n) is 5.51. The van der Waals surface area contributed by atoms with Gasteiger partial charge in [0.25, 0.3) is 5.91 Å². The molecule has 0 radical (unpaired) electrons. The van der Waals surface area contributed by atoms with Crippen molar-refractivity contribution in [2.75, 3.05) is 26.2 Å². The third kappa shape index (κ3) is 4.83. The van der Waals surface area contributed by atoms with Crippen LogP contribution in [0.4, 0.5) is 0 Å². The number of rotatable bonds is 5. The molecular formula is C34H31N3O. The molecule has 1 fully saturated rings. The quantitative estimate of drug-likeness (QED) is 0.269. The number of piperazine rings is 1. The topological polar surface area (TPSA) is 36.4 Å². The average molecular weight is 498 g/mol. The van der Waals surface area contributed by atoms with Crippen molar-refractivity contribution in [1.82, 2.24) is 14.8 Å². The molecule has 0 bridgehead atoms. The van der Waals surface area contributed by atoms with Crippen LogP contribution in [0, 0.1) is 6.92 Å². The van der Waals surface area contributed by atoms with Gasteiger partial charge in [-0.15, -0.1) is 0 Å². The monoisotopic (exact) mass is 497 g/mol. The van der Waals surface area contributed by atoms with Gasteiger partial charge in [-0.1, -0.05) is 103 Å². The van der Waals surface area contributed by atoms with E-state index < -0.39 is 0 Å². The molecule has 4 aromatic carbocycles. The Hall–Kier alpha value is -4.28. The Labute approximate surface area is 224 Å². The third-order valence-electron chi connectivity index (χ3n) is 7.46. The Morgan fingerprint density at radius 2 is 1.29 bits per heavy atom. The van der Waals surface area contributed by atoms with E-state index in [1.54, 1.807) is 0 Å². The van der Waals surface area contributed by atoms with Crippen LogP contribution in [0.1, 0.15) is 33.1 Å². The zero-order valence-electron chi connectivity index (χ0n) is 21.6. The summed E-state index contributed by atoms with van der Waals surface area (Å²) in [5.41, 5.74) is 7.11. The largest absolute Gasteiger partial charge is 0.336 e. The highest BCUT2D eigenvalue weighted by Crippen LogP contribution is 2.31. The van der Waals surface area contributed by atoms with Crippen LogP contribution in [-0.2, 0) is 0 Å². The molecule has 0 N–H and O–H groups in total. The Bertz CT molecular complexity index is 1500.